The highest BCUT2D eigenvalue weighted by molar-refractivity contribution is 6.15. The predicted octanol–water partition coefficient (Wildman–Crippen LogP) is 14.9. The summed E-state index contributed by atoms with van der Waals surface area (Å²) in [6, 6.07) is 81.0. The lowest BCUT2D eigenvalue weighted by molar-refractivity contribution is 0.660. The zero-order valence-electron chi connectivity index (χ0n) is 33.7. The lowest BCUT2D eigenvalue weighted by atomic mass is 9.67. The van der Waals surface area contributed by atoms with Gasteiger partial charge in [0.15, 0.2) is 0 Å². The number of anilines is 3. The fraction of sp³-hybridized carbons (Fsp3) is 0.0690. The van der Waals surface area contributed by atoms with Crippen molar-refractivity contribution in [1.82, 2.24) is 4.57 Å². The lowest BCUT2D eigenvalue weighted by Crippen LogP contribution is -2.28. The Labute approximate surface area is 351 Å². The van der Waals surface area contributed by atoms with Gasteiger partial charge in [-0.15, -0.1) is 0 Å². The van der Waals surface area contributed by atoms with E-state index in [1.54, 1.807) is 0 Å². The largest absolute Gasteiger partial charge is 0.308 e. The van der Waals surface area contributed by atoms with Gasteiger partial charge in [-0.05, 0) is 110 Å². The molecule has 9 aromatic carbocycles. The number of nitrogens with zero attached hydrogens (tertiary/aromatic N) is 2. The molecule has 0 N–H and O–H groups in total. The molecule has 0 unspecified atom stereocenters. The van der Waals surface area contributed by atoms with Crippen LogP contribution in [0.5, 0.6) is 0 Å². The van der Waals surface area contributed by atoms with Gasteiger partial charge in [0.05, 0.1) is 22.1 Å². The van der Waals surface area contributed by atoms with Gasteiger partial charge in [0.25, 0.3) is 0 Å². The van der Waals surface area contributed by atoms with E-state index in [9.17, 15) is 0 Å². The van der Waals surface area contributed by atoms with Crippen molar-refractivity contribution in [3.8, 4) is 27.9 Å². The maximum atomic E-state index is 2.49. The molecule has 1 heterocycles. The second-order valence-corrected chi connectivity index (χ2v) is 16.9. The van der Waals surface area contributed by atoms with E-state index < -0.39 is 5.41 Å². The zero-order valence-corrected chi connectivity index (χ0v) is 33.7. The third-order valence-corrected chi connectivity index (χ3v) is 13.5. The molecule has 1 aromatic heterocycles. The Hall–Kier alpha value is -7.42. The summed E-state index contributed by atoms with van der Waals surface area (Å²) in [7, 11) is 0. The van der Waals surface area contributed by atoms with Crippen LogP contribution < -0.4 is 4.90 Å². The second-order valence-electron chi connectivity index (χ2n) is 16.9. The van der Waals surface area contributed by atoms with Crippen LogP contribution in [0.3, 0.4) is 0 Å². The molecule has 0 saturated carbocycles. The van der Waals surface area contributed by atoms with E-state index >= 15 is 0 Å². The molecule has 60 heavy (non-hydrogen) atoms. The maximum Gasteiger partial charge on any atom is 0.0782 e. The molecule has 0 aliphatic heterocycles. The van der Waals surface area contributed by atoms with Crippen LogP contribution in [-0.4, -0.2) is 4.57 Å². The van der Waals surface area contributed by atoms with Crippen LogP contribution in [0, 0.1) is 0 Å². The number of para-hydroxylation sites is 3. The van der Waals surface area contributed by atoms with Crippen LogP contribution >= 0.6 is 0 Å². The highest BCUT2D eigenvalue weighted by Crippen LogP contribution is 2.57. The van der Waals surface area contributed by atoms with Crippen molar-refractivity contribution in [2.24, 2.45) is 0 Å². The number of hydrogen-bond donors (Lipinski definition) is 0. The molecular weight excluding hydrogens is 725 g/mol. The summed E-state index contributed by atoms with van der Waals surface area (Å²) < 4.78 is 2.48. The molecule has 284 valence electrons. The maximum absolute atomic E-state index is 2.49. The molecule has 0 saturated heterocycles. The van der Waals surface area contributed by atoms with Crippen molar-refractivity contribution in [3.05, 3.63) is 252 Å². The van der Waals surface area contributed by atoms with Crippen molar-refractivity contribution < 1.29 is 0 Å². The molecule has 0 spiro atoms. The normalized spacial score (nSPS) is 14.1. The summed E-state index contributed by atoms with van der Waals surface area (Å²) in [5.74, 6) is 0. The van der Waals surface area contributed by atoms with Crippen molar-refractivity contribution in [1.29, 1.82) is 0 Å². The van der Waals surface area contributed by atoms with Gasteiger partial charge in [-0.2, -0.15) is 0 Å². The first-order valence-corrected chi connectivity index (χ1v) is 21.0. The molecule has 0 radical (unpaired) electrons. The quantitative estimate of drug-likeness (QED) is 0.164. The first-order valence-electron chi connectivity index (χ1n) is 21.0. The number of rotatable bonds is 6. The third-order valence-electron chi connectivity index (χ3n) is 13.5. The molecule has 10 aromatic rings. The molecule has 2 nitrogen and oxygen atoms in total. The standard InChI is InChI=1S/C58H42N2/c1-57(2)50-29-15-12-25-44(50)47-35-34-43(38-53(47)57)59(41-21-8-4-9-22-41)55-32-18-28-48-49-37-40(33-36-54(49)60(56(48)55)42-23-10-5-11-24-42)58(39-19-6-3-7-20-39)51-30-16-13-26-45(51)46-27-14-17-31-52(46)58/h3-38H,1-2H3. The summed E-state index contributed by atoms with van der Waals surface area (Å²) in [6.07, 6.45) is 0. The lowest BCUT2D eigenvalue weighted by Gasteiger charge is -2.34. The predicted molar refractivity (Wildman–Crippen MR) is 250 cm³/mol. The third kappa shape index (κ3) is 4.76. The van der Waals surface area contributed by atoms with E-state index in [2.05, 4.69) is 242 Å². The molecule has 2 aliphatic rings. The molecule has 0 atom stereocenters. The van der Waals surface area contributed by atoms with Crippen molar-refractivity contribution in [2.75, 3.05) is 4.90 Å². The van der Waals surface area contributed by atoms with Crippen LogP contribution in [0.15, 0.2) is 218 Å². The fourth-order valence-corrected chi connectivity index (χ4v) is 10.9. The minimum absolute atomic E-state index is 0.127. The Balaban J connectivity index is 1.16. The van der Waals surface area contributed by atoms with Gasteiger partial charge in [-0.3, -0.25) is 0 Å². The summed E-state index contributed by atoms with van der Waals surface area (Å²) in [5.41, 5.74) is 19.4. The Morgan fingerprint density at radius 3 is 1.63 bits per heavy atom. The highest BCUT2D eigenvalue weighted by atomic mass is 15.2. The van der Waals surface area contributed by atoms with Crippen LogP contribution in [0.2, 0.25) is 0 Å². The molecule has 0 fully saturated rings. The van der Waals surface area contributed by atoms with Crippen molar-refractivity contribution in [3.63, 3.8) is 0 Å². The van der Waals surface area contributed by atoms with Gasteiger partial charge in [0, 0.05) is 33.2 Å². The topological polar surface area (TPSA) is 8.17 Å². The van der Waals surface area contributed by atoms with E-state index in [1.165, 1.54) is 77.4 Å². The molecule has 0 bridgehead atoms. The smallest absolute Gasteiger partial charge is 0.0782 e. The number of fused-ring (bicyclic) bond motifs is 9. The first kappa shape index (κ1) is 34.6. The van der Waals surface area contributed by atoms with E-state index in [-0.39, 0.29) is 5.41 Å². The summed E-state index contributed by atoms with van der Waals surface area (Å²) >= 11 is 0. The van der Waals surface area contributed by atoms with Gasteiger partial charge < -0.3 is 9.47 Å². The summed E-state index contributed by atoms with van der Waals surface area (Å²) in [5, 5.41) is 2.44. The zero-order chi connectivity index (χ0) is 40.0. The van der Waals surface area contributed by atoms with E-state index in [0.29, 0.717) is 0 Å². The number of benzene rings is 9. The fourth-order valence-electron chi connectivity index (χ4n) is 10.9. The van der Waals surface area contributed by atoms with Crippen LogP contribution in [0.25, 0.3) is 49.7 Å². The monoisotopic (exact) mass is 766 g/mol. The summed E-state index contributed by atoms with van der Waals surface area (Å²) in [6.45, 7) is 4.73. The van der Waals surface area contributed by atoms with Gasteiger partial charge in [-0.25, -0.2) is 0 Å². The van der Waals surface area contributed by atoms with Gasteiger partial charge in [0.2, 0.25) is 0 Å². The van der Waals surface area contributed by atoms with Gasteiger partial charge in [-0.1, -0.05) is 178 Å². The molecule has 12 rings (SSSR count). The number of hydrogen-bond acceptors (Lipinski definition) is 1. The Kier molecular flexibility index (Phi) is 7.52. The highest BCUT2D eigenvalue weighted by Gasteiger charge is 2.46. The molecule has 2 aliphatic carbocycles. The Morgan fingerprint density at radius 2 is 0.950 bits per heavy atom. The van der Waals surface area contributed by atoms with Gasteiger partial charge in [0.1, 0.15) is 0 Å². The van der Waals surface area contributed by atoms with E-state index in [4.69, 9.17) is 0 Å². The Bertz CT molecular complexity index is 3240. The van der Waals surface area contributed by atoms with Crippen molar-refractivity contribution in [2.45, 2.75) is 24.7 Å². The van der Waals surface area contributed by atoms with E-state index in [1.807, 2.05) is 0 Å². The minimum Gasteiger partial charge on any atom is -0.308 e. The average Bonchev–Trinajstić information content (AvgIpc) is 3.89. The van der Waals surface area contributed by atoms with Crippen molar-refractivity contribution >= 4 is 38.9 Å². The van der Waals surface area contributed by atoms with Crippen LogP contribution in [0.4, 0.5) is 17.1 Å². The SMILES string of the molecule is CC1(C)c2ccccc2-c2ccc(N(c3ccccc3)c3cccc4c5cc(C6(c7ccccc7)c7ccccc7-c7ccccc76)ccc5n(-c5ccccc5)c34)cc21. The minimum atomic E-state index is -0.494. The second kappa shape index (κ2) is 13.0. The van der Waals surface area contributed by atoms with Gasteiger partial charge >= 0.3 is 0 Å². The molecule has 0 amide bonds. The number of aromatic nitrogens is 1. The molecular formula is C58H42N2. The van der Waals surface area contributed by atoms with Crippen LogP contribution in [0.1, 0.15) is 47.2 Å². The van der Waals surface area contributed by atoms with E-state index in [0.717, 1.165) is 22.7 Å². The average molecular weight is 767 g/mol. The van der Waals surface area contributed by atoms with Crippen LogP contribution in [-0.2, 0) is 10.8 Å². The summed E-state index contributed by atoms with van der Waals surface area (Å²) in [4.78, 5) is 2.47. The molecule has 2 heteroatoms. The Morgan fingerprint density at radius 1 is 0.383 bits per heavy atom. The first-order chi connectivity index (χ1) is 29.5.